The Hall–Kier alpha value is -3.15. The minimum absolute atomic E-state index is 0.172. The predicted octanol–water partition coefficient (Wildman–Crippen LogP) is 2.93. The number of carbonyl (C=O) groups is 3. The van der Waals surface area contributed by atoms with Gasteiger partial charge >= 0.3 is 6.03 Å². The molecule has 2 aliphatic heterocycles. The molecule has 0 radical (unpaired) electrons. The van der Waals surface area contributed by atoms with E-state index in [1.165, 1.54) is 0 Å². The van der Waals surface area contributed by atoms with Crippen LogP contribution in [0, 0.1) is 5.92 Å². The van der Waals surface area contributed by atoms with Crippen LogP contribution in [0.15, 0.2) is 60.7 Å². The smallest absolute Gasteiger partial charge is 0.325 e. The van der Waals surface area contributed by atoms with Gasteiger partial charge in [-0.3, -0.25) is 14.5 Å². The fourth-order valence-electron chi connectivity index (χ4n) is 4.31. The molecular weight excluding hydrogens is 378 g/mol. The number of carbonyl (C=O) groups excluding carboxylic acids is 3. The molecule has 2 aromatic carbocycles. The number of rotatable bonds is 5. The molecular formula is C24H27N3O3. The maximum Gasteiger partial charge on any atom is 0.325 e. The molecule has 0 spiro atoms. The molecule has 0 unspecified atom stereocenters. The van der Waals surface area contributed by atoms with Crippen LogP contribution in [0.3, 0.4) is 0 Å². The van der Waals surface area contributed by atoms with Crippen LogP contribution >= 0.6 is 0 Å². The molecule has 2 aromatic rings. The van der Waals surface area contributed by atoms with Gasteiger partial charge in [-0.2, -0.15) is 0 Å². The Morgan fingerprint density at radius 2 is 1.60 bits per heavy atom. The number of likely N-dealkylation sites (tertiary alicyclic amines) is 1. The summed E-state index contributed by atoms with van der Waals surface area (Å²) in [6.45, 7) is 3.31. The van der Waals surface area contributed by atoms with Crippen molar-refractivity contribution in [1.82, 2.24) is 15.1 Å². The number of hydrogen-bond donors (Lipinski definition) is 1. The van der Waals surface area contributed by atoms with E-state index in [-0.39, 0.29) is 18.4 Å². The van der Waals surface area contributed by atoms with Crippen LogP contribution in [0.25, 0.3) is 0 Å². The zero-order chi connectivity index (χ0) is 21.1. The van der Waals surface area contributed by atoms with Crippen molar-refractivity contribution >= 4 is 17.8 Å². The molecule has 30 heavy (non-hydrogen) atoms. The minimum Gasteiger partial charge on any atom is -0.341 e. The maximum atomic E-state index is 13.6. The normalized spacial score (nSPS) is 22.3. The molecule has 1 atom stereocenters. The minimum atomic E-state index is -1.21. The third kappa shape index (κ3) is 3.82. The zero-order valence-corrected chi connectivity index (χ0v) is 17.2. The molecule has 2 saturated heterocycles. The number of nitrogens with zero attached hydrogens (tertiary/aromatic N) is 2. The topological polar surface area (TPSA) is 69.7 Å². The quantitative estimate of drug-likeness (QED) is 0.778. The third-order valence-electron chi connectivity index (χ3n) is 6.18. The summed E-state index contributed by atoms with van der Waals surface area (Å²) in [4.78, 5) is 42.1. The largest absolute Gasteiger partial charge is 0.341 e. The first-order valence-corrected chi connectivity index (χ1v) is 10.5. The van der Waals surface area contributed by atoms with Crippen molar-refractivity contribution in [3.8, 4) is 0 Å². The maximum absolute atomic E-state index is 13.6. The molecule has 0 saturated carbocycles. The highest BCUT2D eigenvalue weighted by Crippen LogP contribution is 2.33. The van der Waals surface area contributed by atoms with E-state index in [9.17, 15) is 14.4 Å². The first kappa shape index (κ1) is 20.1. The lowest BCUT2D eigenvalue weighted by molar-refractivity contribution is -0.140. The number of urea groups is 1. The van der Waals surface area contributed by atoms with E-state index in [0.29, 0.717) is 31.0 Å². The lowest BCUT2D eigenvalue weighted by Gasteiger charge is -2.31. The Labute approximate surface area is 176 Å². The van der Waals surface area contributed by atoms with Crippen LogP contribution in [-0.4, -0.2) is 47.3 Å². The summed E-state index contributed by atoms with van der Waals surface area (Å²) in [5, 5.41) is 2.91. The fraction of sp³-hybridized carbons (Fsp3) is 0.375. The summed E-state index contributed by atoms with van der Waals surface area (Å²) in [6, 6.07) is 18.4. The molecule has 0 bridgehead atoms. The number of piperidine rings is 1. The van der Waals surface area contributed by atoms with E-state index in [1.54, 1.807) is 4.90 Å². The van der Waals surface area contributed by atoms with Crippen molar-refractivity contribution in [3.63, 3.8) is 0 Å². The van der Waals surface area contributed by atoms with Gasteiger partial charge in [-0.05, 0) is 29.9 Å². The summed E-state index contributed by atoms with van der Waals surface area (Å²) in [5.74, 6) is 0.0534. The van der Waals surface area contributed by atoms with Gasteiger partial charge in [-0.15, -0.1) is 0 Å². The van der Waals surface area contributed by atoms with Gasteiger partial charge in [0.1, 0.15) is 6.54 Å². The molecule has 2 aliphatic rings. The number of imide groups is 1. The Bertz CT molecular complexity index is 923. The van der Waals surface area contributed by atoms with Crippen molar-refractivity contribution in [3.05, 3.63) is 71.8 Å². The van der Waals surface area contributed by atoms with Gasteiger partial charge in [0.2, 0.25) is 5.91 Å². The van der Waals surface area contributed by atoms with Crippen molar-refractivity contribution < 1.29 is 14.4 Å². The van der Waals surface area contributed by atoms with E-state index in [4.69, 9.17) is 0 Å². The van der Waals surface area contributed by atoms with Gasteiger partial charge in [-0.1, -0.05) is 67.6 Å². The van der Waals surface area contributed by atoms with E-state index in [1.807, 2.05) is 60.7 Å². The molecule has 4 rings (SSSR count). The molecule has 1 N–H and O–H groups in total. The van der Waals surface area contributed by atoms with E-state index < -0.39 is 11.6 Å². The van der Waals surface area contributed by atoms with Crippen molar-refractivity contribution in [2.24, 2.45) is 5.92 Å². The lowest BCUT2D eigenvalue weighted by Crippen LogP contribution is -2.48. The van der Waals surface area contributed by atoms with E-state index in [2.05, 4.69) is 12.2 Å². The number of nitrogens with one attached hydrogen (secondary N) is 1. The second-order valence-corrected chi connectivity index (χ2v) is 8.32. The highest BCUT2D eigenvalue weighted by Gasteiger charge is 2.53. The average molecular weight is 405 g/mol. The highest BCUT2D eigenvalue weighted by atomic mass is 16.2. The van der Waals surface area contributed by atoms with Crippen LogP contribution in [0.2, 0.25) is 0 Å². The second-order valence-electron chi connectivity index (χ2n) is 8.32. The van der Waals surface area contributed by atoms with Crippen LogP contribution in [0.4, 0.5) is 4.79 Å². The Kier molecular flexibility index (Phi) is 5.57. The molecule has 0 aromatic heterocycles. The Morgan fingerprint density at radius 1 is 1.00 bits per heavy atom. The van der Waals surface area contributed by atoms with Gasteiger partial charge < -0.3 is 10.2 Å². The van der Waals surface area contributed by atoms with Gasteiger partial charge in [0.05, 0.1) is 0 Å². The predicted molar refractivity (Wildman–Crippen MR) is 113 cm³/mol. The Morgan fingerprint density at radius 3 is 2.23 bits per heavy atom. The molecule has 0 aliphatic carbocycles. The van der Waals surface area contributed by atoms with Crippen LogP contribution in [0.5, 0.6) is 0 Å². The van der Waals surface area contributed by atoms with Crippen molar-refractivity contribution in [2.75, 3.05) is 19.6 Å². The molecule has 156 valence electrons. The highest BCUT2D eigenvalue weighted by molar-refractivity contribution is 6.09. The number of amides is 4. The zero-order valence-electron chi connectivity index (χ0n) is 17.2. The SMILES string of the molecule is CC1CCN(C(=O)CN2C(=O)N[C@@](Cc3ccccc3)(c3ccccc3)C2=O)CC1. The average Bonchev–Trinajstić information content (AvgIpc) is 3.00. The Balaban J connectivity index is 1.60. The molecule has 6 heteroatoms. The summed E-state index contributed by atoms with van der Waals surface area (Å²) in [7, 11) is 0. The number of benzene rings is 2. The third-order valence-corrected chi connectivity index (χ3v) is 6.18. The molecule has 2 fully saturated rings. The summed E-state index contributed by atoms with van der Waals surface area (Å²) >= 11 is 0. The molecule has 4 amide bonds. The summed E-state index contributed by atoms with van der Waals surface area (Å²) < 4.78 is 0. The van der Waals surface area contributed by atoms with Gasteiger partial charge in [0.25, 0.3) is 5.91 Å². The van der Waals surface area contributed by atoms with Crippen LogP contribution in [-0.2, 0) is 21.5 Å². The molecule has 2 heterocycles. The van der Waals surface area contributed by atoms with Crippen LogP contribution < -0.4 is 5.32 Å². The summed E-state index contributed by atoms with van der Waals surface area (Å²) in [5.41, 5.74) is 0.443. The van der Waals surface area contributed by atoms with Crippen molar-refractivity contribution in [2.45, 2.75) is 31.7 Å². The lowest BCUT2D eigenvalue weighted by atomic mass is 9.83. The first-order chi connectivity index (χ1) is 14.5. The summed E-state index contributed by atoms with van der Waals surface area (Å²) in [6.07, 6.45) is 2.23. The van der Waals surface area contributed by atoms with Gasteiger partial charge in [0.15, 0.2) is 5.54 Å². The van der Waals surface area contributed by atoms with E-state index >= 15 is 0 Å². The van der Waals surface area contributed by atoms with Crippen LogP contribution in [0.1, 0.15) is 30.9 Å². The first-order valence-electron chi connectivity index (χ1n) is 10.5. The van der Waals surface area contributed by atoms with Crippen molar-refractivity contribution in [1.29, 1.82) is 0 Å². The second kappa shape index (κ2) is 8.30. The molecule has 6 nitrogen and oxygen atoms in total. The number of hydrogen-bond acceptors (Lipinski definition) is 3. The fourth-order valence-corrected chi connectivity index (χ4v) is 4.31. The monoisotopic (exact) mass is 405 g/mol. The van der Waals surface area contributed by atoms with E-state index in [0.717, 1.165) is 23.3 Å². The van der Waals surface area contributed by atoms with Gasteiger partial charge in [0, 0.05) is 19.5 Å². The standard InChI is InChI=1S/C24H27N3O3/c1-18-12-14-26(15-13-18)21(28)17-27-22(29)24(25-23(27)30,20-10-6-3-7-11-20)16-19-8-4-2-5-9-19/h2-11,18H,12-17H2,1H3,(H,25,30)/t24-/m0/s1. The van der Waals surface area contributed by atoms with Gasteiger partial charge in [-0.25, -0.2) is 4.79 Å².